The van der Waals surface area contributed by atoms with Crippen LogP contribution in [-0.4, -0.2) is 19.7 Å². The molecule has 1 aromatic heterocycles. The molecular weight excluding hydrogens is 334 g/mol. The van der Waals surface area contributed by atoms with E-state index in [1.807, 2.05) is 35.6 Å². The summed E-state index contributed by atoms with van der Waals surface area (Å²) < 4.78 is 6.75. The predicted molar refractivity (Wildman–Crippen MR) is 89.9 cm³/mol. The molecule has 2 aromatic rings. The molecule has 108 valence electrons. The van der Waals surface area contributed by atoms with Crippen LogP contribution >= 0.6 is 27.3 Å². The Kier molecular flexibility index (Phi) is 5.64. The lowest BCUT2D eigenvalue weighted by molar-refractivity contribution is 0.307. The van der Waals surface area contributed by atoms with Crippen molar-refractivity contribution in [2.45, 2.75) is 19.3 Å². The van der Waals surface area contributed by atoms with E-state index in [1.165, 1.54) is 4.88 Å². The summed E-state index contributed by atoms with van der Waals surface area (Å²) in [6.45, 7) is 7.01. The Labute approximate surface area is 133 Å². The van der Waals surface area contributed by atoms with E-state index in [9.17, 15) is 0 Å². The van der Waals surface area contributed by atoms with Gasteiger partial charge in [0.05, 0.1) is 0 Å². The zero-order valence-corrected chi connectivity index (χ0v) is 14.3. The highest BCUT2D eigenvalue weighted by Crippen LogP contribution is 2.26. The largest absolute Gasteiger partial charge is 0.492 e. The van der Waals surface area contributed by atoms with Crippen LogP contribution in [0.15, 0.2) is 46.3 Å². The van der Waals surface area contributed by atoms with E-state index in [1.54, 1.807) is 0 Å². The van der Waals surface area contributed by atoms with Gasteiger partial charge >= 0.3 is 0 Å². The van der Waals surface area contributed by atoms with Crippen molar-refractivity contribution in [2.24, 2.45) is 0 Å². The Hall–Kier alpha value is -0.840. The zero-order valence-electron chi connectivity index (χ0n) is 11.9. The molecule has 0 bridgehead atoms. The van der Waals surface area contributed by atoms with Crippen molar-refractivity contribution >= 4 is 27.3 Å². The van der Waals surface area contributed by atoms with Crippen molar-refractivity contribution in [3.63, 3.8) is 0 Å². The van der Waals surface area contributed by atoms with Gasteiger partial charge in [-0.3, -0.25) is 0 Å². The first-order valence-corrected chi connectivity index (χ1v) is 8.38. The molecule has 0 saturated carbocycles. The number of halogens is 1. The molecule has 1 heterocycles. The molecule has 0 aliphatic rings. The van der Waals surface area contributed by atoms with Crippen molar-refractivity contribution in [3.05, 3.63) is 51.1 Å². The molecule has 0 aliphatic carbocycles. The van der Waals surface area contributed by atoms with E-state index >= 15 is 0 Å². The maximum atomic E-state index is 5.70. The summed E-state index contributed by atoms with van der Waals surface area (Å²) in [5.74, 6) is 0.902. The second-order valence-electron chi connectivity index (χ2n) is 5.34. The average Bonchev–Trinajstić information content (AvgIpc) is 2.93. The van der Waals surface area contributed by atoms with Gasteiger partial charge in [0, 0.05) is 27.9 Å². The van der Waals surface area contributed by atoms with Crippen molar-refractivity contribution in [2.75, 3.05) is 19.7 Å². The third kappa shape index (κ3) is 4.62. The average molecular weight is 354 g/mol. The summed E-state index contributed by atoms with van der Waals surface area (Å²) in [5, 5.41) is 5.60. The summed E-state index contributed by atoms with van der Waals surface area (Å²) in [6, 6.07) is 12.2. The smallest absolute Gasteiger partial charge is 0.120 e. The molecule has 0 spiro atoms. The number of ether oxygens (including phenoxy) is 1. The van der Waals surface area contributed by atoms with Gasteiger partial charge < -0.3 is 10.1 Å². The first kappa shape index (κ1) is 15.5. The van der Waals surface area contributed by atoms with Crippen LogP contribution in [0.2, 0.25) is 0 Å². The molecule has 0 fully saturated rings. The molecule has 0 aliphatic heterocycles. The van der Waals surface area contributed by atoms with E-state index in [-0.39, 0.29) is 5.41 Å². The number of rotatable bonds is 7. The summed E-state index contributed by atoms with van der Waals surface area (Å²) in [4.78, 5) is 1.41. The number of benzene rings is 1. The second kappa shape index (κ2) is 7.25. The molecule has 1 N–H and O–H groups in total. The van der Waals surface area contributed by atoms with Crippen molar-refractivity contribution < 1.29 is 4.74 Å². The molecule has 2 rings (SSSR count). The molecule has 2 nitrogen and oxygen atoms in total. The maximum Gasteiger partial charge on any atom is 0.120 e. The molecule has 4 heteroatoms. The Morgan fingerprint density at radius 3 is 2.80 bits per heavy atom. The highest BCUT2D eigenvalue weighted by Gasteiger charge is 2.20. The predicted octanol–water partition coefficient (Wildman–Crippen LogP) is 4.46. The van der Waals surface area contributed by atoms with Crippen LogP contribution in [0.1, 0.15) is 18.7 Å². The Morgan fingerprint density at radius 1 is 1.25 bits per heavy atom. The van der Waals surface area contributed by atoms with E-state index in [4.69, 9.17) is 4.74 Å². The third-order valence-electron chi connectivity index (χ3n) is 3.10. The molecule has 0 atom stereocenters. The highest BCUT2D eigenvalue weighted by molar-refractivity contribution is 9.10. The fourth-order valence-corrected chi connectivity index (χ4v) is 3.18. The summed E-state index contributed by atoms with van der Waals surface area (Å²) in [7, 11) is 0. The Morgan fingerprint density at radius 2 is 2.10 bits per heavy atom. The van der Waals surface area contributed by atoms with E-state index < -0.39 is 0 Å². The molecule has 0 unspecified atom stereocenters. The monoisotopic (exact) mass is 353 g/mol. The lowest BCUT2D eigenvalue weighted by Gasteiger charge is -2.23. The van der Waals surface area contributed by atoms with Crippen LogP contribution in [0.5, 0.6) is 5.75 Å². The quantitative estimate of drug-likeness (QED) is 0.742. The topological polar surface area (TPSA) is 21.3 Å². The van der Waals surface area contributed by atoms with Crippen LogP contribution < -0.4 is 10.1 Å². The minimum Gasteiger partial charge on any atom is -0.492 e. The molecule has 0 amide bonds. The summed E-state index contributed by atoms with van der Waals surface area (Å²) in [6.07, 6.45) is 0. The third-order valence-corrected chi connectivity index (χ3v) is 4.83. The Bertz CT molecular complexity index is 525. The maximum absolute atomic E-state index is 5.70. The van der Waals surface area contributed by atoms with Gasteiger partial charge in [0.15, 0.2) is 0 Å². The number of hydrogen-bond acceptors (Lipinski definition) is 3. The van der Waals surface area contributed by atoms with Crippen LogP contribution in [-0.2, 0) is 5.41 Å². The minimum absolute atomic E-state index is 0.171. The highest BCUT2D eigenvalue weighted by atomic mass is 79.9. The van der Waals surface area contributed by atoms with Gasteiger partial charge in [0.25, 0.3) is 0 Å². The van der Waals surface area contributed by atoms with Crippen LogP contribution in [0.4, 0.5) is 0 Å². The van der Waals surface area contributed by atoms with E-state index in [0.29, 0.717) is 6.61 Å². The first-order valence-electron chi connectivity index (χ1n) is 6.71. The fraction of sp³-hybridized carbons (Fsp3) is 0.375. The molecule has 20 heavy (non-hydrogen) atoms. The van der Waals surface area contributed by atoms with Crippen molar-refractivity contribution in [3.8, 4) is 5.75 Å². The number of thiophene rings is 1. The summed E-state index contributed by atoms with van der Waals surface area (Å²) >= 11 is 5.25. The van der Waals surface area contributed by atoms with Gasteiger partial charge in [-0.25, -0.2) is 0 Å². The SMILES string of the molecule is CC(C)(CNCCOc1cccc(Br)c1)c1cccs1. The van der Waals surface area contributed by atoms with Crippen molar-refractivity contribution in [1.29, 1.82) is 0 Å². The van der Waals surface area contributed by atoms with Gasteiger partial charge in [0.1, 0.15) is 12.4 Å². The zero-order chi connectivity index (χ0) is 14.4. The normalized spacial score (nSPS) is 11.6. The molecule has 0 saturated heterocycles. The van der Waals surface area contributed by atoms with Crippen molar-refractivity contribution in [1.82, 2.24) is 5.32 Å². The molecular formula is C16H20BrNOS. The van der Waals surface area contributed by atoms with Crippen LogP contribution in [0, 0.1) is 0 Å². The first-order chi connectivity index (χ1) is 9.58. The van der Waals surface area contributed by atoms with Crippen LogP contribution in [0.3, 0.4) is 0 Å². The minimum atomic E-state index is 0.171. The molecule has 0 radical (unpaired) electrons. The second-order valence-corrected chi connectivity index (χ2v) is 7.21. The molecule has 1 aromatic carbocycles. The standard InChI is InChI=1S/C16H20BrNOS/c1-16(2,15-7-4-10-20-15)12-18-8-9-19-14-6-3-5-13(17)11-14/h3-7,10-11,18H,8-9,12H2,1-2H3. The van der Waals surface area contributed by atoms with Gasteiger partial charge in [0.2, 0.25) is 0 Å². The van der Waals surface area contributed by atoms with Gasteiger partial charge in [-0.05, 0) is 29.6 Å². The number of hydrogen-bond donors (Lipinski definition) is 1. The van der Waals surface area contributed by atoms with Crippen LogP contribution in [0.25, 0.3) is 0 Å². The van der Waals surface area contributed by atoms with Gasteiger partial charge in [-0.1, -0.05) is 41.9 Å². The van der Waals surface area contributed by atoms with E-state index in [0.717, 1.165) is 23.3 Å². The fourth-order valence-electron chi connectivity index (χ4n) is 1.95. The Balaban J connectivity index is 1.69. The van der Waals surface area contributed by atoms with Gasteiger partial charge in [-0.2, -0.15) is 0 Å². The van der Waals surface area contributed by atoms with E-state index in [2.05, 4.69) is 52.6 Å². The van der Waals surface area contributed by atoms with Gasteiger partial charge in [-0.15, -0.1) is 11.3 Å². The number of nitrogens with one attached hydrogen (secondary N) is 1. The summed E-state index contributed by atoms with van der Waals surface area (Å²) in [5.41, 5.74) is 0.171. The lowest BCUT2D eigenvalue weighted by Crippen LogP contribution is -2.34. The lowest BCUT2D eigenvalue weighted by atomic mass is 9.91.